The van der Waals surface area contributed by atoms with Crippen molar-refractivity contribution in [3.8, 4) is 0 Å². The second kappa shape index (κ2) is 11.2. The summed E-state index contributed by atoms with van der Waals surface area (Å²) in [6.07, 6.45) is 22.8. The highest BCUT2D eigenvalue weighted by Crippen LogP contribution is 2.42. The van der Waals surface area contributed by atoms with Gasteiger partial charge in [-0.2, -0.15) is 0 Å². The van der Waals surface area contributed by atoms with Crippen LogP contribution in [0.15, 0.2) is 12.3 Å². The molecule has 134 valence electrons. The van der Waals surface area contributed by atoms with Crippen LogP contribution in [-0.4, -0.2) is 6.61 Å². The Morgan fingerprint density at radius 3 is 1.96 bits per heavy atom. The van der Waals surface area contributed by atoms with E-state index in [9.17, 15) is 0 Å². The summed E-state index contributed by atoms with van der Waals surface area (Å²) in [6.45, 7) is 5.43. The van der Waals surface area contributed by atoms with Crippen LogP contribution >= 0.6 is 0 Å². The number of allylic oxidation sites excluding steroid dienone is 1. The van der Waals surface area contributed by atoms with Crippen molar-refractivity contribution in [3.05, 3.63) is 12.3 Å². The molecular weight excluding hydrogens is 280 g/mol. The van der Waals surface area contributed by atoms with Gasteiger partial charge in [-0.1, -0.05) is 58.4 Å². The number of hydrogen-bond donors (Lipinski definition) is 0. The molecule has 0 atom stereocenters. The van der Waals surface area contributed by atoms with Crippen molar-refractivity contribution >= 4 is 0 Å². The molecule has 2 fully saturated rings. The van der Waals surface area contributed by atoms with Crippen LogP contribution in [0.25, 0.3) is 0 Å². The van der Waals surface area contributed by atoms with Gasteiger partial charge in [-0.25, -0.2) is 0 Å². The Bertz CT molecular complexity index is 306. The monoisotopic (exact) mass is 320 g/mol. The van der Waals surface area contributed by atoms with Crippen LogP contribution in [0, 0.1) is 23.7 Å². The van der Waals surface area contributed by atoms with Crippen molar-refractivity contribution in [3.63, 3.8) is 0 Å². The van der Waals surface area contributed by atoms with E-state index in [4.69, 9.17) is 4.74 Å². The first-order valence-corrected chi connectivity index (χ1v) is 10.6. The van der Waals surface area contributed by atoms with Crippen molar-refractivity contribution in [2.75, 3.05) is 6.61 Å². The minimum atomic E-state index is 0.818. The molecule has 1 nitrogen and oxygen atoms in total. The van der Waals surface area contributed by atoms with Gasteiger partial charge in [0, 0.05) is 0 Å². The fourth-order valence-electron chi connectivity index (χ4n) is 4.81. The number of unbranched alkanes of at least 4 members (excludes halogenated alkanes) is 2. The van der Waals surface area contributed by atoms with Crippen molar-refractivity contribution < 1.29 is 4.74 Å². The molecule has 2 saturated carbocycles. The lowest BCUT2D eigenvalue weighted by molar-refractivity contribution is 0.108. The Balaban J connectivity index is 1.58. The van der Waals surface area contributed by atoms with E-state index in [-0.39, 0.29) is 0 Å². The predicted octanol–water partition coefficient (Wildman–Crippen LogP) is 7.12. The van der Waals surface area contributed by atoms with Gasteiger partial charge in [0.2, 0.25) is 0 Å². The van der Waals surface area contributed by atoms with Crippen molar-refractivity contribution in [2.24, 2.45) is 23.7 Å². The molecule has 23 heavy (non-hydrogen) atoms. The van der Waals surface area contributed by atoms with Crippen molar-refractivity contribution in [1.82, 2.24) is 0 Å². The van der Waals surface area contributed by atoms with Crippen molar-refractivity contribution in [1.29, 1.82) is 0 Å². The zero-order valence-electron chi connectivity index (χ0n) is 15.8. The highest BCUT2D eigenvalue weighted by molar-refractivity contribution is 4.82. The second-order valence-electron chi connectivity index (χ2n) is 8.17. The van der Waals surface area contributed by atoms with Gasteiger partial charge in [0.1, 0.15) is 0 Å². The Morgan fingerprint density at radius 1 is 0.783 bits per heavy atom. The molecule has 0 aromatic heterocycles. The Labute approximate surface area is 145 Å². The van der Waals surface area contributed by atoms with E-state index in [2.05, 4.69) is 19.9 Å². The Morgan fingerprint density at radius 2 is 1.39 bits per heavy atom. The minimum absolute atomic E-state index is 0.818. The van der Waals surface area contributed by atoms with Gasteiger partial charge in [0.25, 0.3) is 0 Å². The molecule has 0 aliphatic heterocycles. The summed E-state index contributed by atoms with van der Waals surface area (Å²) in [5.74, 6) is 3.97. The largest absolute Gasteiger partial charge is 0.501 e. The first kappa shape index (κ1) is 18.9. The lowest BCUT2D eigenvalue weighted by Gasteiger charge is -2.37. The summed E-state index contributed by atoms with van der Waals surface area (Å²) in [5.41, 5.74) is 0. The minimum Gasteiger partial charge on any atom is -0.501 e. The third kappa shape index (κ3) is 6.89. The highest BCUT2D eigenvalue weighted by atomic mass is 16.5. The Hall–Kier alpha value is -0.460. The third-order valence-corrected chi connectivity index (χ3v) is 6.43. The molecule has 2 aliphatic rings. The second-order valence-corrected chi connectivity index (χ2v) is 8.17. The topological polar surface area (TPSA) is 9.23 Å². The highest BCUT2D eigenvalue weighted by Gasteiger charge is 2.30. The molecule has 0 aromatic carbocycles. The molecule has 0 N–H and O–H groups in total. The molecule has 1 heteroatoms. The predicted molar refractivity (Wildman–Crippen MR) is 100 cm³/mol. The quantitative estimate of drug-likeness (QED) is 0.324. The maximum atomic E-state index is 5.67. The fraction of sp³-hybridized carbons (Fsp3) is 0.909. The van der Waals surface area contributed by atoms with Gasteiger partial charge in [0.15, 0.2) is 0 Å². The summed E-state index contributed by atoms with van der Waals surface area (Å²) in [7, 11) is 0. The van der Waals surface area contributed by atoms with E-state index in [0.717, 1.165) is 36.7 Å². The lowest BCUT2D eigenvalue weighted by Crippen LogP contribution is -2.27. The van der Waals surface area contributed by atoms with E-state index in [0.29, 0.717) is 0 Å². The van der Waals surface area contributed by atoms with Gasteiger partial charge in [-0.05, 0) is 68.6 Å². The lowest BCUT2D eigenvalue weighted by atomic mass is 9.69. The first-order chi connectivity index (χ1) is 11.3. The molecule has 0 aromatic rings. The average molecular weight is 321 g/mol. The molecule has 0 heterocycles. The van der Waals surface area contributed by atoms with Crippen LogP contribution in [-0.2, 0) is 4.74 Å². The van der Waals surface area contributed by atoms with Gasteiger partial charge in [0.05, 0.1) is 12.9 Å². The standard InChI is InChI=1S/C22H40O/c1-3-5-7-8-19-9-13-21(14-10-19)22-15-11-20(12-16-22)18-23-17-6-4-2/h6,17,19-22H,3-5,7-16,18H2,1-2H3/t19-,20-,21-,22-. The molecular formula is C22H40O. The van der Waals surface area contributed by atoms with Gasteiger partial charge >= 0.3 is 0 Å². The first-order valence-electron chi connectivity index (χ1n) is 10.6. The number of ether oxygens (including phenoxy) is 1. The van der Waals surface area contributed by atoms with Crippen molar-refractivity contribution in [2.45, 2.75) is 97.3 Å². The summed E-state index contributed by atoms with van der Waals surface area (Å²) >= 11 is 0. The van der Waals surface area contributed by atoms with Crippen LogP contribution in [0.2, 0.25) is 0 Å². The van der Waals surface area contributed by atoms with E-state index < -0.39 is 0 Å². The van der Waals surface area contributed by atoms with E-state index in [1.54, 1.807) is 0 Å². The maximum Gasteiger partial charge on any atom is 0.0901 e. The zero-order chi connectivity index (χ0) is 16.3. The number of hydrogen-bond acceptors (Lipinski definition) is 1. The fourth-order valence-corrected chi connectivity index (χ4v) is 4.81. The van der Waals surface area contributed by atoms with Crippen LogP contribution in [0.3, 0.4) is 0 Å². The smallest absolute Gasteiger partial charge is 0.0901 e. The van der Waals surface area contributed by atoms with Crippen LogP contribution < -0.4 is 0 Å². The van der Waals surface area contributed by atoms with E-state index >= 15 is 0 Å². The summed E-state index contributed by atoms with van der Waals surface area (Å²) in [6, 6.07) is 0. The maximum absolute atomic E-state index is 5.67. The normalized spacial score (nSPS) is 32.3. The van der Waals surface area contributed by atoms with Gasteiger partial charge in [-0.3, -0.25) is 0 Å². The van der Waals surface area contributed by atoms with E-state index in [1.165, 1.54) is 77.0 Å². The molecule has 0 spiro atoms. The molecule has 2 rings (SSSR count). The molecule has 0 saturated heterocycles. The summed E-state index contributed by atoms with van der Waals surface area (Å²) < 4.78 is 5.67. The molecule has 0 amide bonds. The van der Waals surface area contributed by atoms with Gasteiger partial charge in [-0.15, -0.1) is 0 Å². The van der Waals surface area contributed by atoms with E-state index in [1.807, 2.05) is 6.26 Å². The SMILES string of the molecule is CCC=COC[C@H]1CC[C@H]([C@H]2CC[C@H](CCCCC)CC2)CC1. The molecule has 2 aliphatic carbocycles. The summed E-state index contributed by atoms with van der Waals surface area (Å²) in [4.78, 5) is 0. The van der Waals surface area contributed by atoms with Crippen LogP contribution in [0.1, 0.15) is 97.3 Å². The number of rotatable bonds is 9. The third-order valence-electron chi connectivity index (χ3n) is 6.43. The van der Waals surface area contributed by atoms with Gasteiger partial charge < -0.3 is 4.74 Å². The Kier molecular flexibility index (Phi) is 9.15. The van der Waals surface area contributed by atoms with Crippen LogP contribution in [0.4, 0.5) is 0 Å². The molecule has 0 bridgehead atoms. The molecule has 0 radical (unpaired) electrons. The summed E-state index contributed by atoms with van der Waals surface area (Å²) in [5, 5.41) is 0. The van der Waals surface area contributed by atoms with Crippen LogP contribution in [0.5, 0.6) is 0 Å². The zero-order valence-corrected chi connectivity index (χ0v) is 15.8. The molecule has 0 unspecified atom stereocenters. The average Bonchev–Trinajstić information content (AvgIpc) is 2.60.